The minimum absolute atomic E-state index is 0.133. The third kappa shape index (κ3) is 3.32. The van der Waals surface area contributed by atoms with Gasteiger partial charge in [-0.25, -0.2) is 0 Å². The van der Waals surface area contributed by atoms with Crippen LogP contribution < -0.4 is 10.6 Å². The van der Waals surface area contributed by atoms with Crippen LogP contribution >= 0.6 is 0 Å². The summed E-state index contributed by atoms with van der Waals surface area (Å²) in [7, 11) is 3.56. The zero-order valence-corrected chi connectivity index (χ0v) is 8.30. The van der Waals surface area contributed by atoms with Gasteiger partial charge in [0.15, 0.2) is 0 Å². The summed E-state index contributed by atoms with van der Waals surface area (Å²) in [5, 5.41) is 5.90. The van der Waals surface area contributed by atoms with Gasteiger partial charge in [0.25, 0.3) is 0 Å². The van der Waals surface area contributed by atoms with Gasteiger partial charge in [-0.2, -0.15) is 0 Å². The number of amides is 1. The van der Waals surface area contributed by atoms with Crippen molar-refractivity contribution in [3.8, 4) is 0 Å². The van der Waals surface area contributed by atoms with Gasteiger partial charge in [0, 0.05) is 26.1 Å². The predicted octanol–water partition coefficient (Wildman–Crippen LogP) is -0.110. The van der Waals surface area contributed by atoms with Gasteiger partial charge in [-0.05, 0) is 19.9 Å². The highest BCUT2D eigenvalue weighted by Gasteiger charge is 2.29. The Morgan fingerprint density at radius 3 is 2.77 bits per heavy atom. The Kier molecular flexibility index (Phi) is 4.18. The first-order valence-electron chi connectivity index (χ1n) is 4.73. The number of hydrogen-bond acceptors (Lipinski definition) is 3. The molecule has 0 spiro atoms. The highest BCUT2D eigenvalue weighted by Crippen LogP contribution is 2.22. The number of nitrogens with one attached hydrogen (secondary N) is 2. The largest absolute Gasteiger partial charge is 0.381 e. The molecule has 0 atom stereocenters. The smallest absolute Gasteiger partial charge is 0.221 e. The van der Waals surface area contributed by atoms with Crippen molar-refractivity contribution in [1.82, 2.24) is 10.6 Å². The topological polar surface area (TPSA) is 50.4 Å². The van der Waals surface area contributed by atoms with Crippen LogP contribution in [-0.4, -0.2) is 38.8 Å². The fourth-order valence-corrected chi connectivity index (χ4v) is 1.41. The molecule has 0 radical (unpaired) electrons. The Bertz CT molecular complexity index is 167. The molecule has 1 amide bonds. The van der Waals surface area contributed by atoms with Crippen molar-refractivity contribution in [2.75, 3.05) is 20.7 Å². The molecule has 0 unspecified atom stereocenters. The maximum atomic E-state index is 11.2. The van der Waals surface area contributed by atoms with Gasteiger partial charge >= 0.3 is 0 Å². The van der Waals surface area contributed by atoms with Crippen LogP contribution in [0.5, 0.6) is 0 Å². The van der Waals surface area contributed by atoms with Gasteiger partial charge < -0.3 is 15.4 Å². The minimum atomic E-state index is 0.133. The average molecular weight is 186 g/mol. The summed E-state index contributed by atoms with van der Waals surface area (Å²) in [6.45, 7) is 0.742. The molecule has 4 nitrogen and oxygen atoms in total. The van der Waals surface area contributed by atoms with E-state index >= 15 is 0 Å². The number of carbonyl (C=O) groups is 1. The molecule has 0 aromatic rings. The van der Waals surface area contributed by atoms with Crippen molar-refractivity contribution < 1.29 is 9.53 Å². The van der Waals surface area contributed by atoms with Crippen LogP contribution in [0.4, 0.5) is 0 Å². The van der Waals surface area contributed by atoms with Crippen molar-refractivity contribution >= 4 is 5.91 Å². The zero-order valence-electron chi connectivity index (χ0n) is 8.30. The molecular formula is C9H18N2O2. The Hall–Kier alpha value is -0.610. The van der Waals surface area contributed by atoms with E-state index in [1.54, 1.807) is 7.11 Å². The van der Waals surface area contributed by atoms with E-state index in [0.717, 1.165) is 19.4 Å². The van der Waals surface area contributed by atoms with E-state index in [1.165, 1.54) is 0 Å². The minimum Gasteiger partial charge on any atom is -0.381 e. The van der Waals surface area contributed by atoms with Gasteiger partial charge in [-0.15, -0.1) is 0 Å². The highest BCUT2D eigenvalue weighted by molar-refractivity contribution is 5.76. The third-order valence-electron chi connectivity index (χ3n) is 2.40. The number of carbonyl (C=O) groups excluding carboxylic acids is 1. The summed E-state index contributed by atoms with van der Waals surface area (Å²) in [5.41, 5.74) is 0. The monoisotopic (exact) mass is 186 g/mol. The number of methoxy groups -OCH3 is 1. The van der Waals surface area contributed by atoms with Gasteiger partial charge in [0.2, 0.25) is 5.91 Å². The molecule has 0 aromatic carbocycles. The molecular weight excluding hydrogens is 168 g/mol. The summed E-state index contributed by atoms with van der Waals surface area (Å²) >= 11 is 0. The summed E-state index contributed by atoms with van der Waals surface area (Å²) in [4.78, 5) is 11.2. The van der Waals surface area contributed by atoms with E-state index < -0.39 is 0 Å². The molecule has 1 rings (SSSR count). The normalized spacial score (nSPS) is 26.6. The quantitative estimate of drug-likeness (QED) is 0.630. The van der Waals surface area contributed by atoms with Crippen LogP contribution in [0, 0.1) is 0 Å². The SMILES string of the molecule is CNCCC(=O)NC1CC(OC)C1. The maximum absolute atomic E-state index is 11.2. The zero-order chi connectivity index (χ0) is 9.68. The van der Waals surface area contributed by atoms with E-state index in [1.807, 2.05) is 7.05 Å². The molecule has 2 N–H and O–H groups in total. The first-order chi connectivity index (χ1) is 6.26. The van der Waals surface area contributed by atoms with E-state index in [9.17, 15) is 4.79 Å². The fraction of sp³-hybridized carbons (Fsp3) is 0.889. The molecule has 1 aliphatic rings. The van der Waals surface area contributed by atoms with Crippen molar-refractivity contribution in [2.45, 2.75) is 31.4 Å². The predicted molar refractivity (Wildman–Crippen MR) is 50.5 cm³/mol. The average Bonchev–Trinajstić information content (AvgIpc) is 2.07. The summed E-state index contributed by atoms with van der Waals surface area (Å²) in [5.74, 6) is 0.133. The van der Waals surface area contributed by atoms with Crippen molar-refractivity contribution in [3.63, 3.8) is 0 Å². The molecule has 0 saturated heterocycles. The van der Waals surface area contributed by atoms with Crippen LogP contribution in [-0.2, 0) is 9.53 Å². The second-order valence-electron chi connectivity index (χ2n) is 3.45. The van der Waals surface area contributed by atoms with E-state index in [0.29, 0.717) is 18.6 Å². The lowest BCUT2D eigenvalue weighted by Crippen LogP contribution is -2.47. The van der Waals surface area contributed by atoms with E-state index in [4.69, 9.17) is 4.74 Å². The summed E-state index contributed by atoms with van der Waals surface area (Å²) < 4.78 is 5.12. The Morgan fingerprint density at radius 1 is 1.54 bits per heavy atom. The van der Waals surface area contributed by atoms with Crippen LogP contribution in [0.1, 0.15) is 19.3 Å². The number of hydrogen-bond donors (Lipinski definition) is 2. The lowest BCUT2D eigenvalue weighted by Gasteiger charge is -2.34. The molecule has 0 aromatic heterocycles. The van der Waals surface area contributed by atoms with Gasteiger partial charge in [0.1, 0.15) is 0 Å². The Morgan fingerprint density at radius 2 is 2.23 bits per heavy atom. The summed E-state index contributed by atoms with van der Waals surface area (Å²) in [6, 6.07) is 0.342. The van der Waals surface area contributed by atoms with E-state index in [-0.39, 0.29) is 5.91 Å². The lowest BCUT2D eigenvalue weighted by atomic mass is 9.89. The molecule has 13 heavy (non-hydrogen) atoms. The summed E-state index contributed by atoms with van der Waals surface area (Å²) in [6.07, 6.45) is 2.84. The Balaban J connectivity index is 2.03. The van der Waals surface area contributed by atoms with Crippen molar-refractivity contribution in [3.05, 3.63) is 0 Å². The lowest BCUT2D eigenvalue weighted by molar-refractivity contribution is -0.123. The molecule has 0 bridgehead atoms. The van der Waals surface area contributed by atoms with Gasteiger partial charge in [-0.3, -0.25) is 4.79 Å². The van der Waals surface area contributed by atoms with E-state index in [2.05, 4.69) is 10.6 Å². The standard InChI is InChI=1S/C9H18N2O2/c1-10-4-3-9(12)11-7-5-8(6-7)13-2/h7-8,10H,3-6H2,1-2H3,(H,11,12). The molecule has 1 fully saturated rings. The first kappa shape index (κ1) is 10.5. The van der Waals surface area contributed by atoms with Crippen molar-refractivity contribution in [2.24, 2.45) is 0 Å². The molecule has 0 heterocycles. The Labute approximate surface area is 79.0 Å². The van der Waals surface area contributed by atoms with Crippen molar-refractivity contribution in [1.29, 1.82) is 0 Å². The van der Waals surface area contributed by atoms with Crippen LogP contribution in [0.25, 0.3) is 0 Å². The molecule has 1 aliphatic carbocycles. The number of ether oxygens (including phenoxy) is 1. The second-order valence-corrected chi connectivity index (χ2v) is 3.45. The maximum Gasteiger partial charge on any atom is 0.221 e. The molecule has 76 valence electrons. The van der Waals surface area contributed by atoms with Gasteiger partial charge in [-0.1, -0.05) is 0 Å². The molecule has 0 aliphatic heterocycles. The number of rotatable bonds is 5. The van der Waals surface area contributed by atoms with Crippen LogP contribution in [0.3, 0.4) is 0 Å². The third-order valence-corrected chi connectivity index (χ3v) is 2.40. The second kappa shape index (κ2) is 5.19. The fourth-order valence-electron chi connectivity index (χ4n) is 1.41. The molecule has 4 heteroatoms. The van der Waals surface area contributed by atoms with Gasteiger partial charge in [0.05, 0.1) is 6.10 Å². The highest BCUT2D eigenvalue weighted by atomic mass is 16.5. The first-order valence-corrected chi connectivity index (χ1v) is 4.73. The van der Waals surface area contributed by atoms with Crippen LogP contribution in [0.15, 0.2) is 0 Å². The van der Waals surface area contributed by atoms with Crippen LogP contribution in [0.2, 0.25) is 0 Å². The molecule has 1 saturated carbocycles.